The predicted octanol–water partition coefficient (Wildman–Crippen LogP) is 3.47. The quantitative estimate of drug-likeness (QED) is 0.710. The summed E-state index contributed by atoms with van der Waals surface area (Å²) >= 11 is 0. The van der Waals surface area contributed by atoms with E-state index in [4.69, 9.17) is 0 Å². The third kappa shape index (κ3) is 3.70. The van der Waals surface area contributed by atoms with Gasteiger partial charge in [0.2, 0.25) is 5.91 Å². The number of likely N-dealkylation sites (tertiary alicyclic amines) is 1. The molecule has 6 nitrogen and oxygen atoms in total. The van der Waals surface area contributed by atoms with Crippen molar-refractivity contribution < 1.29 is 4.79 Å². The zero-order valence-electron chi connectivity index (χ0n) is 17.2. The Morgan fingerprint density at radius 2 is 1.83 bits per heavy atom. The maximum atomic E-state index is 12.4. The number of carbonyl (C=O) groups excluding carboxylic acids is 1. The monoisotopic (exact) mass is 402 g/mol. The number of aromatic amines is 1. The normalized spacial score (nSPS) is 18.7. The molecule has 1 aromatic heterocycles. The van der Waals surface area contributed by atoms with Gasteiger partial charge in [0, 0.05) is 31.1 Å². The average molecular weight is 402 g/mol. The van der Waals surface area contributed by atoms with Crippen LogP contribution in [0.4, 0.5) is 0 Å². The second kappa shape index (κ2) is 7.59. The zero-order chi connectivity index (χ0) is 20.7. The van der Waals surface area contributed by atoms with E-state index >= 15 is 0 Å². The lowest BCUT2D eigenvalue weighted by Gasteiger charge is -2.16. The first-order chi connectivity index (χ1) is 14.6. The minimum atomic E-state index is -0.195. The van der Waals surface area contributed by atoms with Gasteiger partial charge in [-0.25, -0.2) is 9.89 Å². The van der Waals surface area contributed by atoms with E-state index in [-0.39, 0.29) is 17.5 Å². The number of carbonyl (C=O) groups is 1. The first kappa shape index (κ1) is 18.9. The Kier molecular flexibility index (Phi) is 4.77. The minimum absolute atomic E-state index is 0.195. The summed E-state index contributed by atoms with van der Waals surface area (Å²) in [7, 11) is 0. The molecule has 1 aliphatic carbocycles. The predicted molar refractivity (Wildman–Crippen MR) is 116 cm³/mol. The fourth-order valence-corrected chi connectivity index (χ4v) is 4.37. The fourth-order valence-electron chi connectivity index (χ4n) is 4.37. The third-order valence-electron chi connectivity index (χ3n) is 6.22. The van der Waals surface area contributed by atoms with Crippen LogP contribution >= 0.6 is 0 Å². The number of hydrogen-bond donors (Lipinski definition) is 1. The summed E-state index contributed by atoms with van der Waals surface area (Å²) in [6.45, 7) is 4.20. The SMILES string of the molecule is Cc1cccc(-c2ccc(-c3n[nH]c(=O)n3C[C@@H]3CCN(C(=O)C4CC4)C3)cc2)c1. The summed E-state index contributed by atoms with van der Waals surface area (Å²) < 4.78 is 1.72. The molecular weight excluding hydrogens is 376 g/mol. The largest absolute Gasteiger partial charge is 0.343 e. The van der Waals surface area contributed by atoms with Crippen LogP contribution in [0, 0.1) is 18.8 Å². The molecule has 30 heavy (non-hydrogen) atoms. The lowest BCUT2D eigenvalue weighted by atomic mass is 10.0. The summed E-state index contributed by atoms with van der Waals surface area (Å²) in [5, 5.41) is 6.88. The molecule has 2 aromatic carbocycles. The van der Waals surface area contributed by atoms with Crippen LogP contribution in [-0.2, 0) is 11.3 Å². The van der Waals surface area contributed by atoms with Crippen LogP contribution < -0.4 is 5.69 Å². The summed E-state index contributed by atoms with van der Waals surface area (Å²) in [5.41, 5.74) is 4.25. The van der Waals surface area contributed by atoms with Crippen molar-refractivity contribution >= 4 is 5.91 Å². The van der Waals surface area contributed by atoms with Crippen LogP contribution in [0.5, 0.6) is 0 Å². The first-order valence-electron chi connectivity index (χ1n) is 10.7. The molecule has 5 rings (SSSR count). The van der Waals surface area contributed by atoms with E-state index < -0.39 is 0 Å². The Bertz CT molecular complexity index is 1120. The summed E-state index contributed by atoms with van der Waals surface area (Å²) in [6, 6.07) is 16.6. The first-order valence-corrected chi connectivity index (χ1v) is 10.7. The molecule has 2 heterocycles. The Morgan fingerprint density at radius 3 is 2.57 bits per heavy atom. The van der Waals surface area contributed by atoms with E-state index in [9.17, 15) is 9.59 Å². The second-order valence-corrected chi connectivity index (χ2v) is 8.62. The molecule has 154 valence electrons. The highest BCUT2D eigenvalue weighted by atomic mass is 16.2. The van der Waals surface area contributed by atoms with E-state index in [1.54, 1.807) is 4.57 Å². The maximum absolute atomic E-state index is 12.4. The van der Waals surface area contributed by atoms with Gasteiger partial charge in [-0.3, -0.25) is 9.36 Å². The third-order valence-corrected chi connectivity index (χ3v) is 6.22. The van der Waals surface area contributed by atoms with Crippen LogP contribution in [0.2, 0.25) is 0 Å². The van der Waals surface area contributed by atoms with Crippen molar-refractivity contribution in [2.45, 2.75) is 32.7 Å². The Labute approximate surface area is 175 Å². The lowest BCUT2D eigenvalue weighted by molar-refractivity contribution is -0.131. The van der Waals surface area contributed by atoms with Crippen LogP contribution in [-0.4, -0.2) is 38.7 Å². The van der Waals surface area contributed by atoms with Crippen molar-refractivity contribution in [2.24, 2.45) is 11.8 Å². The molecule has 1 saturated carbocycles. The van der Waals surface area contributed by atoms with Gasteiger partial charge in [-0.2, -0.15) is 5.10 Å². The Hall–Kier alpha value is -3.15. The molecule has 1 N–H and O–H groups in total. The molecule has 1 saturated heterocycles. The zero-order valence-corrected chi connectivity index (χ0v) is 17.2. The molecular formula is C24H26N4O2. The molecule has 0 radical (unpaired) electrons. The van der Waals surface area contributed by atoms with Crippen molar-refractivity contribution in [3.63, 3.8) is 0 Å². The van der Waals surface area contributed by atoms with Crippen LogP contribution in [0.1, 0.15) is 24.8 Å². The second-order valence-electron chi connectivity index (χ2n) is 8.62. The molecule has 2 fully saturated rings. The molecule has 0 spiro atoms. The van der Waals surface area contributed by atoms with E-state index in [1.807, 2.05) is 17.0 Å². The summed E-state index contributed by atoms with van der Waals surface area (Å²) in [4.78, 5) is 26.7. The average Bonchev–Trinajstić information content (AvgIpc) is 3.40. The summed E-state index contributed by atoms with van der Waals surface area (Å²) in [6.07, 6.45) is 3.00. The Morgan fingerprint density at radius 1 is 1.07 bits per heavy atom. The standard InChI is InChI=1S/C24H26N4O2/c1-16-3-2-4-21(13-16)18-5-7-19(8-6-18)22-25-26-24(30)28(22)15-17-11-12-27(14-17)23(29)20-9-10-20/h2-8,13,17,20H,9-12,14-15H2,1H3,(H,26,30)/t17-/m1/s1. The molecule has 2 aliphatic rings. The number of H-pyrrole nitrogens is 1. The number of benzene rings is 2. The van der Waals surface area contributed by atoms with Crippen molar-refractivity contribution in [1.29, 1.82) is 0 Å². The van der Waals surface area contributed by atoms with Gasteiger partial charge in [-0.05, 0) is 43.2 Å². The lowest BCUT2D eigenvalue weighted by Crippen LogP contribution is -2.31. The minimum Gasteiger partial charge on any atom is -0.342 e. The van der Waals surface area contributed by atoms with Gasteiger partial charge in [-0.1, -0.05) is 54.1 Å². The number of amides is 1. The number of rotatable bonds is 5. The molecule has 1 atom stereocenters. The van der Waals surface area contributed by atoms with Gasteiger partial charge in [-0.15, -0.1) is 0 Å². The molecule has 1 amide bonds. The number of aryl methyl sites for hydroxylation is 1. The van der Waals surface area contributed by atoms with Gasteiger partial charge in [0.05, 0.1) is 0 Å². The van der Waals surface area contributed by atoms with Crippen LogP contribution in [0.25, 0.3) is 22.5 Å². The van der Waals surface area contributed by atoms with Crippen molar-refractivity contribution in [2.75, 3.05) is 13.1 Å². The van der Waals surface area contributed by atoms with Crippen molar-refractivity contribution in [1.82, 2.24) is 19.7 Å². The smallest absolute Gasteiger partial charge is 0.342 e. The van der Waals surface area contributed by atoms with Gasteiger partial charge < -0.3 is 4.90 Å². The van der Waals surface area contributed by atoms with Crippen LogP contribution in [0.15, 0.2) is 53.3 Å². The molecule has 6 heteroatoms. The van der Waals surface area contributed by atoms with Gasteiger partial charge >= 0.3 is 5.69 Å². The number of nitrogens with one attached hydrogen (secondary N) is 1. The fraction of sp³-hybridized carbons (Fsp3) is 0.375. The highest BCUT2D eigenvalue weighted by Crippen LogP contribution is 2.33. The van der Waals surface area contributed by atoms with E-state index in [0.717, 1.165) is 43.5 Å². The van der Waals surface area contributed by atoms with Gasteiger partial charge in [0.25, 0.3) is 0 Å². The molecule has 1 aliphatic heterocycles. The van der Waals surface area contributed by atoms with Crippen molar-refractivity contribution in [3.8, 4) is 22.5 Å². The van der Waals surface area contributed by atoms with E-state index in [0.29, 0.717) is 18.3 Å². The molecule has 0 bridgehead atoms. The topological polar surface area (TPSA) is 71.0 Å². The number of hydrogen-bond acceptors (Lipinski definition) is 3. The molecule has 0 unspecified atom stereocenters. The van der Waals surface area contributed by atoms with Crippen molar-refractivity contribution in [3.05, 3.63) is 64.6 Å². The number of nitrogens with zero attached hydrogens (tertiary/aromatic N) is 3. The van der Waals surface area contributed by atoms with E-state index in [2.05, 4.69) is 53.5 Å². The molecule has 3 aromatic rings. The maximum Gasteiger partial charge on any atom is 0.343 e. The Balaban J connectivity index is 1.34. The number of aromatic nitrogens is 3. The summed E-state index contributed by atoms with van der Waals surface area (Å²) in [5.74, 6) is 1.49. The highest BCUT2D eigenvalue weighted by molar-refractivity contribution is 5.81. The highest BCUT2D eigenvalue weighted by Gasteiger charge is 2.36. The van der Waals surface area contributed by atoms with Gasteiger partial charge in [0.1, 0.15) is 0 Å². The van der Waals surface area contributed by atoms with Gasteiger partial charge in [0.15, 0.2) is 5.82 Å². The van der Waals surface area contributed by atoms with Crippen LogP contribution in [0.3, 0.4) is 0 Å². The van der Waals surface area contributed by atoms with E-state index in [1.165, 1.54) is 11.1 Å².